The van der Waals surface area contributed by atoms with Gasteiger partial charge >= 0.3 is 6.03 Å². The summed E-state index contributed by atoms with van der Waals surface area (Å²) in [5, 5.41) is 5.45. The van der Waals surface area contributed by atoms with Crippen molar-refractivity contribution in [2.75, 3.05) is 10.7 Å². The van der Waals surface area contributed by atoms with Crippen LogP contribution in [0.5, 0.6) is 0 Å². The topological polar surface area (TPSA) is 90.9 Å². The van der Waals surface area contributed by atoms with Gasteiger partial charge in [-0.2, -0.15) is 0 Å². The monoisotopic (exact) mass is 476 g/mol. The summed E-state index contributed by atoms with van der Waals surface area (Å²) >= 11 is 1.12. The van der Waals surface area contributed by atoms with E-state index in [0.29, 0.717) is 22.5 Å². The Hall–Kier alpha value is -3.39. The summed E-state index contributed by atoms with van der Waals surface area (Å²) in [5.41, 5.74) is 4.14. The predicted octanol–water partition coefficient (Wildman–Crippen LogP) is 4.58. The van der Waals surface area contributed by atoms with E-state index in [1.54, 1.807) is 6.08 Å². The van der Waals surface area contributed by atoms with Crippen LogP contribution in [0.3, 0.4) is 0 Å². The molecule has 1 aliphatic heterocycles. The number of aliphatic imine (C=N–C) groups is 1. The maximum absolute atomic E-state index is 13.3. The summed E-state index contributed by atoms with van der Waals surface area (Å²) in [5.74, 6) is -0.316. The lowest BCUT2D eigenvalue weighted by Crippen LogP contribution is -2.41. The van der Waals surface area contributed by atoms with Crippen molar-refractivity contribution in [3.8, 4) is 0 Å². The summed E-state index contributed by atoms with van der Waals surface area (Å²) in [7, 11) is 0. The molecule has 1 aliphatic carbocycles. The highest BCUT2D eigenvalue weighted by molar-refractivity contribution is 8.14. The molecule has 0 bridgehead atoms. The molecular formula is C26H28N4O3S. The van der Waals surface area contributed by atoms with Crippen LogP contribution in [0.25, 0.3) is 6.08 Å². The molecule has 7 nitrogen and oxygen atoms in total. The third-order valence-corrected chi connectivity index (χ3v) is 6.46. The number of rotatable bonds is 6. The van der Waals surface area contributed by atoms with Gasteiger partial charge in [-0.1, -0.05) is 67.6 Å². The maximum atomic E-state index is 13.3. The molecule has 2 aromatic carbocycles. The second-order valence-electron chi connectivity index (χ2n) is 8.81. The third kappa shape index (κ3) is 5.94. The highest BCUT2D eigenvalue weighted by Gasteiger charge is 2.32. The van der Waals surface area contributed by atoms with Crippen LogP contribution in [0.1, 0.15) is 49.3 Å². The Bertz CT molecular complexity index is 1150. The zero-order valence-corrected chi connectivity index (χ0v) is 20.3. The number of carbonyl (C=O) groups is 3. The molecule has 0 radical (unpaired) electrons. The first kappa shape index (κ1) is 23.8. The van der Waals surface area contributed by atoms with Gasteiger partial charge in [-0.15, -0.1) is 0 Å². The Morgan fingerprint density at radius 3 is 2.41 bits per heavy atom. The summed E-state index contributed by atoms with van der Waals surface area (Å²) in [6, 6.07) is 15.3. The van der Waals surface area contributed by atoms with Crippen LogP contribution in [0, 0.1) is 6.92 Å². The minimum atomic E-state index is -0.488. The fourth-order valence-electron chi connectivity index (χ4n) is 3.39. The number of hydrogen-bond acceptors (Lipinski definition) is 5. The fourth-order valence-corrected chi connectivity index (χ4v) is 4.20. The zero-order valence-electron chi connectivity index (χ0n) is 19.5. The lowest BCUT2D eigenvalue weighted by atomic mass is 10.0. The standard InChI is InChI=1S/C26H28N4O3S/c1-16(2)19-8-6-18(7-9-19)14-22-24(32)30(21-12-4-17(3)5-13-21)26(28-22)34-15-23(31)29-25(33)27-20-10-11-20/h4-9,12-14,16,20H,10-11,15H2,1-3H3,(H2,27,29,31,33)/b22-14-. The third-order valence-electron chi connectivity index (χ3n) is 5.53. The quantitative estimate of drug-likeness (QED) is 0.597. The second kappa shape index (κ2) is 10.3. The Morgan fingerprint density at radius 1 is 1.12 bits per heavy atom. The molecule has 4 rings (SSSR count). The Balaban J connectivity index is 1.53. The number of anilines is 1. The lowest BCUT2D eigenvalue weighted by Gasteiger charge is -2.18. The van der Waals surface area contributed by atoms with Crippen LogP contribution in [0.4, 0.5) is 10.5 Å². The number of amidine groups is 1. The van der Waals surface area contributed by atoms with Gasteiger partial charge < -0.3 is 5.32 Å². The lowest BCUT2D eigenvalue weighted by molar-refractivity contribution is -0.117. The minimum Gasteiger partial charge on any atom is -0.335 e. The Kier molecular flexibility index (Phi) is 7.17. The van der Waals surface area contributed by atoms with Crippen LogP contribution in [-0.2, 0) is 9.59 Å². The van der Waals surface area contributed by atoms with Gasteiger partial charge in [0, 0.05) is 6.04 Å². The van der Waals surface area contributed by atoms with Crippen molar-refractivity contribution in [2.45, 2.75) is 45.6 Å². The molecule has 0 saturated heterocycles. The van der Waals surface area contributed by atoms with Crippen molar-refractivity contribution in [3.63, 3.8) is 0 Å². The number of thioether (sulfide) groups is 1. The van der Waals surface area contributed by atoms with Crippen LogP contribution >= 0.6 is 11.8 Å². The summed E-state index contributed by atoms with van der Waals surface area (Å²) in [4.78, 5) is 43.5. The molecule has 0 unspecified atom stereocenters. The molecule has 2 N–H and O–H groups in total. The van der Waals surface area contributed by atoms with Crippen molar-refractivity contribution >= 4 is 46.5 Å². The van der Waals surface area contributed by atoms with E-state index in [9.17, 15) is 14.4 Å². The smallest absolute Gasteiger partial charge is 0.321 e. The van der Waals surface area contributed by atoms with Gasteiger partial charge in [0.1, 0.15) is 5.70 Å². The van der Waals surface area contributed by atoms with Gasteiger partial charge in [-0.25, -0.2) is 9.79 Å². The second-order valence-corrected chi connectivity index (χ2v) is 9.75. The number of carbonyl (C=O) groups excluding carboxylic acids is 3. The number of hydrogen-bond donors (Lipinski definition) is 2. The zero-order chi connectivity index (χ0) is 24.2. The molecule has 1 heterocycles. The van der Waals surface area contributed by atoms with Gasteiger partial charge in [-0.3, -0.25) is 19.8 Å². The van der Waals surface area contributed by atoms with Crippen LogP contribution in [0.2, 0.25) is 0 Å². The van der Waals surface area contributed by atoms with E-state index in [1.165, 1.54) is 10.5 Å². The van der Waals surface area contributed by atoms with Crippen molar-refractivity contribution in [1.29, 1.82) is 0 Å². The number of nitrogens with zero attached hydrogens (tertiary/aromatic N) is 2. The maximum Gasteiger partial charge on any atom is 0.321 e. The van der Waals surface area contributed by atoms with E-state index in [1.807, 2.05) is 55.5 Å². The summed E-state index contributed by atoms with van der Waals surface area (Å²) in [6.07, 6.45) is 3.64. The van der Waals surface area contributed by atoms with Crippen molar-refractivity contribution < 1.29 is 14.4 Å². The summed E-state index contributed by atoms with van der Waals surface area (Å²) in [6.45, 7) is 6.24. The normalized spacial score (nSPS) is 16.7. The Labute approximate surface area is 203 Å². The van der Waals surface area contributed by atoms with E-state index < -0.39 is 11.9 Å². The van der Waals surface area contributed by atoms with Crippen molar-refractivity contribution in [2.24, 2.45) is 4.99 Å². The predicted molar refractivity (Wildman–Crippen MR) is 137 cm³/mol. The van der Waals surface area contributed by atoms with Gasteiger partial charge in [0.25, 0.3) is 5.91 Å². The Morgan fingerprint density at radius 2 is 1.79 bits per heavy atom. The molecule has 34 heavy (non-hydrogen) atoms. The van der Waals surface area contributed by atoms with Crippen LogP contribution < -0.4 is 15.5 Å². The minimum absolute atomic E-state index is 0.0388. The van der Waals surface area contributed by atoms with Crippen LogP contribution in [-0.4, -0.2) is 34.8 Å². The van der Waals surface area contributed by atoms with Gasteiger partial charge in [0.2, 0.25) is 5.91 Å². The molecule has 8 heteroatoms. The first-order chi connectivity index (χ1) is 16.3. The highest BCUT2D eigenvalue weighted by atomic mass is 32.2. The molecule has 1 saturated carbocycles. The number of amides is 4. The fraction of sp³-hybridized carbons (Fsp3) is 0.308. The van der Waals surface area contributed by atoms with Crippen molar-refractivity contribution in [3.05, 3.63) is 70.9 Å². The number of aryl methyl sites for hydroxylation is 1. The number of nitrogens with one attached hydrogen (secondary N) is 2. The number of imide groups is 1. The van der Waals surface area contributed by atoms with E-state index in [2.05, 4.69) is 29.5 Å². The SMILES string of the molecule is Cc1ccc(N2C(=O)/C(=C/c3ccc(C(C)C)cc3)N=C2SCC(=O)NC(=O)NC2CC2)cc1. The largest absolute Gasteiger partial charge is 0.335 e. The van der Waals surface area contributed by atoms with E-state index >= 15 is 0 Å². The van der Waals surface area contributed by atoms with Gasteiger partial charge in [-0.05, 0) is 55.0 Å². The average Bonchev–Trinajstić information content (AvgIpc) is 3.56. The molecule has 1 fully saturated rings. The first-order valence-electron chi connectivity index (χ1n) is 11.3. The summed E-state index contributed by atoms with van der Waals surface area (Å²) < 4.78 is 0. The molecule has 0 aromatic heterocycles. The number of benzene rings is 2. The van der Waals surface area contributed by atoms with E-state index in [0.717, 1.165) is 35.7 Å². The van der Waals surface area contributed by atoms with Gasteiger partial charge in [0.15, 0.2) is 5.17 Å². The van der Waals surface area contributed by atoms with Gasteiger partial charge in [0.05, 0.1) is 11.4 Å². The van der Waals surface area contributed by atoms with Crippen LogP contribution in [0.15, 0.2) is 59.2 Å². The molecule has 176 valence electrons. The molecule has 2 aromatic rings. The van der Waals surface area contributed by atoms with E-state index in [-0.39, 0.29) is 17.7 Å². The molecular weight excluding hydrogens is 448 g/mol. The number of urea groups is 1. The van der Waals surface area contributed by atoms with E-state index in [4.69, 9.17) is 0 Å². The molecule has 2 aliphatic rings. The molecule has 0 spiro atoms. The molecule has 0 atom stereocenters. The highest BCUT2D eigenvalue weighted by Crippen LogP contribution is 2.30. The van der Waals surface area contributed by atoms with Crippen molar-refractivity contribution in [1.82, 2.24) is 10.6 Å². The average molecular weight is 477 g/mol. The first-order valence-corrected chi connectivity index (χ1v) is 12.3. The molecule has 4 amide bonds.